The van der Waals surface area contributed by atoms with Crippen LogP contribution in [-0.2, 0) is 17.6 Å². The van der Waals surface area contributed by atoms with Gasteiger partial charge in [-0.1, -0.05) is 73.3 Å². The Labute approximate surface area is 176 Å². The number of nitrogens with zero attached hydrogens (tertiary/aromatic N) is 2. The monoisotopic (exact) mass is 408 g/mol. The number of H-pyrrole nitrogens is 1. The number of benzene rings is 2. The summed E-state index contributed by atoms with van der Waals surface area (Å²) in [6.45, 7) is 6.06. The summed E-state index contributed by atoms with van der Waals surface area (Å²) in [6, 6.07) is 18.7. The number of amides is 1. The van der Waals surface area contributed by atoms with Gasteiger partial charge in [-0.15, -0.1) is 5.10 Å². The third-order valence-corrected chi connectivity index (χ3v) is 5.81. The molecule has 0 aliphatic rings. The SMILES string of the molecule is CCc1ccc(-c2nc(S[C@@H](C)C(=O)N[C@@H](C)CCc3ccccc3)n[nH]2)cc1. The quantitative estimate of drug-likeness (QED) is 0.506. The average molecular weight is 409 g/mol. The lowest BCUT2D eigenvalue weighted by atomic mass is 10.1. The second-order valence-electron chi connectivity index (χ2n) is 7.21. The van der Waals surface area contributed by atoms with Crippen molar-refractivity contribution in [1.82, 2.24) is 20.5 Å². The Hall–Kier alpha value is -2.60. The van der Waals surface area contributed by atoms with E-state index < -0.39 is 0 Å². The van der Waals surface area contributed by atoms with Crippen molar-refractivity contribution in [3.8, 4) is 11.4 Å². The van der Waals surface area contributed by atoms with E-state index in [1.54, 1.807) is 0 Å². The molecular formula is C23H28N4OS. The number of rotatable bonds is 9. The van der Waals surface area contributed by atoms with E-state index >= 15 is 0 Å². The molecule has 0 radical (unpaired) electrons. The topological polar surface area (TPSA) is 70.7 Å². The number of thioether (sulfide) groups is 1. The van der Waals surface area contributed by atoms with Gasteiger partial charge in [-0.25, -0.2) is 4.98 Å². The Morgan fingerprint density at radius 2 is 1.79 bits per heavy atom. The van der Waals surface area contributed by atoms with Crippen molar-refractivity contribution >= 4 is 17.7 Å². The molecule has 0 fully saturated rings. The van der Waals surface area contributed by atoms with Gasteiger partial charge in [0.25, 0.3) is 0 Å². The second-order valence-corrected chi connectivity index (χ2v) is 8.52. The number of aryl methyl sites for hydroxylation is 2. The van der Waals surface area contributed by atoms with Crippen molar-refractivity contribution < 1.29 is 4.79 Å². The summed E-state index contributed by atoms with van der Waals surface area (Å²) in [5, 5.41) is 10.6. The van der Waals surface area contributed by atoms with Crippen molar-refractivity contribution in [2.75, 3.05) is 0 Å². The van der Waals surface area contributed by atoms with Crippen LogP contribution in [0.5, 0.6) is 0 Å². The van der Waals surface area contributed by atoms with E-state index in [1.807, 2.05) is 44.2 Å². The minimum atomic E-state index is -0.264. The maximum atomic E-state index is 12.5. The number of aromatic amines is 1. The second kappa shape index (κ2) is 10.3. The number of carbonyl (C=O) groups excluding carboxylic acids is 1. The lowest BCUT2D eigenvalue weighted by Gasteiger charge is -2.16. The molecule has 1 aromatic heterocycles. The van der Waals surface area contributed by atoms with Crippen molar-refractivity contribution in [3.63, 3.8) is 0 Å². The molecular weight excluding hydrogens is 380 g/mol. The van der Waals surface area contributed by atoms with E-state index in [2.05, 4.69) is 51.7 Å². The zero-order valence-electron chi connectivity index (χ0n) is 17.2. The van der Waals surface area contributed by atoms with Crippen LogP contribution in [0.4, 0.5) is 0 Å². The lowest BCUT2D eigenvalue weighted by molar-refractivity contribution is -0.120. The molecule has 3 aromatic rings. The van der Waals surface area contributed by atoms with E-state index in [0.717, 1.165) is 30.7 Å². The van der Waals surface area contributed by atoms with Crippen molar-refractivity contribution in [3.05, 3.63) is 65.7 Å². The number of hydrogen-bond donors (Lipinski definition) is 2. The van der Waals surface area contributed by atoms with Gasteiger partial charge in [0.2, 0.25) is 11.1 Å². The molecule has 152 valence electrons. The van der Waals surface area contributed by atoms with E-state index in [4.69, 9.17) is 0 Å². The maximum absolute atomic E-state index is 12.5. The standard InChI is InChI=1S/C23H28N4OS/c1-4-18-12-14-20(15-13-18)21-25-23(27-26-21)29-17(3)22(28)24-16(2)10-11-19-8-6-5-7-9-19/h5-9,12-17H,4,10-11H2,1-3H3,(H,24,28)(H,25,26,27)/t16-,17-/m0/s1. The summed E-state index contributed by atoms with van der Waals surface area (Å²) in [4.78, 5) is 17.0. The molecule has 1 heterocycles. The van der Waals surface area contributed by atoms with E-state index in [0.29, 0.717) is 5.16 Å². The first kappa shape index (κ1) is 21.1. The van der Waals surface area contributed by atoms with Crippen LogP contribution in [0.1, 0.15) is 38.3 Å². The third kappa shape index (κ3) is 6.19. The van der Waals surface area contributed by atoms with Gasteiger partial charge in [-0.3, -0.25) is 9.89 Å². The van der Waals surface area contributed by atoms with Gasteiger partial charge in [0.15, 0.2) is 5.82 Å². The Morgan fingerprint density at radius 1 is 1.07 bits per heavy atom. The van der Waals surface area contributed by atoms with Gasteiger partial charge >= 0.3 is 0 Å². The van der Waals surface area contributed by atoms with Crippen LogP contribution in [0.2, 0.25) is 0 Å². The van der Waals surface area contributed by atoms with Gasteiger partial charge in [-0.05, 0) is 44.2 Å². The largest absolute Gasteiger partial charge is 0.353 e. The molecule has 2 aromatic carbocycles. The molecule has 2 atom stereocenters. The predicted octanol–water partition coefficient (Wildman–Crippen LogP) is 4.65. The highest BCUT2D eigenvalue weighted by Gasteiger charge is 2.19. The zero-order valence-corrected chi connectivity index (χ0v) is 18.0. The molecule has 1 amide bonds. The number of carbonyl (C=O) groups is 1. The van der Waals surface area contributed by atoms with Crippen LogP contribution >= 0.6 is 11.8 Å². The van der Waals surface area contributed by atoms with Gasteiger partial charge < -0.3 is 5.32 Å². The van der Waals surface area contributed by atoms with Crippen LogP contribution in [0.3, 0.4) is 0 Å². The highest BCUT2D eigenvalue weighted by atomic mass is 32.2. The van der Waals surface area contributed by atoms with Gasteiger partial charge in [-0.2, -0.15) is 0 Å². The molecule has 5 nitrogen and oxygen atoms in total. The normalized spacial score (nSPS) is 13.1. The molecule has 0 spiro atoms. The highest BCUT2D eigenvalue weighted by Crippen LogP contribution is 2.23. The van der Waals surface area contributed by atoms with E-state index in [1.165, 1.54) is 22.9 Å². The lowest BCUT2D eigenvalue weighted by Crippen LogP contribution is -2.37. The Kier molecular flexibility index (Phi) is 7.47. The Balaban J connectivity index is 1.49. The summed E-state index contributed by atoms with van der Waals surface area (Å²) in [7, 11) is 0. The van der Waals surface area contributed by atoms with Crippen LogP contribution in [0, 0.1) is 0 Å². The zero-order chi connectivity index (χ0) is 20.6. The molecule has 3 rings (SSSR count). The first-order valence-electron chi connectivity index (χ1n) is 10.1. The van der Waals surface area contributed by atoms with Crippen LogP contribution < -0.4 is 5.32 Å². The third-order valence-electron chi connectivity index (χ3n) is 4.85. The van der Waals surface area contributed by atoms with E-state index in [9.17, 15) is 4.79 Å². The molecule has 0 aliphatic carbocycles. The number of hydrogen-bond acceptors (Lipinski definition) is 4. The fourth-order valence-electron chi connectivity index (χ4n) is 3.00. The fourth-order valence-corrected chi connectivity index (χ4v) is 3.73. The molecule has 6 heteroatoms. The van der Waals surface area contributed by atoms with Gasteiger partial charge in [0, 0.05) is 11.6 Å². The fraction of sp³-hybridized carbons (Fsp3) is 0.348. The predicted molar refractivity (Wildman–Crippen MR) is 119 cm³/mol. The van der Waals surface area contributed by atoms with Crippen molar-refractivity contribution in [1.29, 1.82) is 0 Å². The number of aromatic nitrogens is 3. The Morgan fingerprint density at radius 3 is 2.48 bits per heavy atom. The maximum Gasteiger partial charge on any atom is 0.233 e. The molecule has 2 N–H and O–H groups in total. The minimum Gasteiger partial charge on any atom is -0.353 e. The first-order chi connectivity index (χ1) is 14.0. The van der Waals surface area contributed by atoms with Gasteiger partial charge in [0.1, 0.15) is 0 Å². The van der Waals surface area contributed by atoms with Gasteiger partial charge in [0.05, 0.1) is 5.25 Å². The summed E-state index contributed by atoms with van der Waals surface area (Å²) in [6.07, 6.45) is 2.87. The summed E-state index contributed by atoms with van der Waals surface area (Å²) in [5.41, 5.74) is 3.57. The molecule has 0 saturated carbocycles. The molecule has 0 unspecified atom stereocenters. The minimum absolute atomic E-state index is 0.00853. The summed E-state index contributed by atoms with van der Waals surface area (Å²) < 4.78 is 0. The molecule has 0 aliphatic heterocycles. The summed E-state index contributed by atoms with van der Waals surface area (Å²) >= 11 is 1.37. The van der Waals surface area contributed by atoms with Crippen LogP contribution in [0.25, 0.3) is 11.4 Å². The highest BCUT2D eigenvalue weighted by molar-refractivity contribution is 8.00. The van der Waals surface area contributed by atoms with Crippen LogP contribution in [0.15, 0.2) is 59.8 Å². The van der Waals surface area contributed by atoms with Crippen LogP contribution in [-0.4, -0.2) is 32.4 Å². The van der Waals surface area contributed by atoms with Crippen molar-refractivity contribution in [2.45, 2.75) is 56.5 Å². The summed E-state index contributed by atoms with van der Waals surface area (Å²) in [5.74, 6) is 0.730. The molecule has 29 heavy (non-hydrogen) atoms. The first-order valence-corrected chi connectivity index (χ1v) is 11.0. The molecule has 0 bridgehead atoms. The van der Waals surface area contributed by atoms with Crippen molar-refractivity contribution in [2.24, 2.45) is 0 Å². The average Bonchev–Trinajstić information content (AvgIpc) is 3.21. The number of nitrogens with one attached hydrogen (secondary N) is 2. The van der Waals surface area contributed by atoms with E-state index in [-0.39, 0.29) is 17.2 Å². The molecule has 0 saturated heterocycles. The Bertz CT molecular complexity index is 908. The smallest absolute Gasteiger partial charge is 0.233 e.